The van der Waals surface area contributed by atoms with Crippen LogP contribution in [0, 0.1) is 11.6 Å². The molecule has 0 aliphatic heterocycles. The van der Waals surface area contributed by atoms with Crippen molar-refractivity contribution in [2.75, 3.05) is 5.73 Å². The van der Waals surface area contributed by atoms with E-state index < -0.39 is 17.7 Å². The van der Waals surface area contributed by atoms with Gasteiger partial charge in [-0.3, -0.25) is 0 Å². The van der Waals surface area contributed by atoms with Crippen molar-refractivity contribution in [2.45, 2.75) is 12.5 Å². The van der Waals surface area contributed by atoms with Gasteiger partial charge in [0.2, 0.25) is 0 Å². The molecule has 3 N–H and O–H groups in total. The molecule has 0 heterocycles. The number of benzene rings is 2. The highest BCUT2D eigenvalue weighted by atomic mass is 19.1. The summed E-state index contributed by atoms with van der Waals surface area (Å²) in [4.78, 5) is 0. The lowest BCUT2D eigenvalue weighted by Gasteiger charge is -2.11. The van der Waals surface area contributed by atoms with E-state index in [1.54, 1.807) is 24.3 Å². The quantitative estimate of drug-likeness (QED) is 0.822. The van der Waals surface area contributed by atoms with Gasteiger partial charge < -0.3 is 10.8 Å². The number of halogens is 2. The fourth-order valence-electron chi connectivity index (χ4n) is 1.79. The molecule has 4 heteroatoms. The number of hydrogen-bond acceptors (Lipinski definition) is 2. The molecule has 0 saturated heterocycles. The highest BCUT2D eigenvalue weighted by Gasteiger charge is 2.10. The lowest BCUT2D eigenvalue weighted by atomic mass is 10.0. The third-order valence-electron chi connectivity index (χ3n) is 2.67. The van der Waals surface area contributed by atoms with Crippen molar-refractivity contribution < 1.29 is 13.9 Å². The smallest absolute Gasteiger partial charge is 0.126 e. The molecule has 0 aliphatic carbocycles. The van der Waals surface area contributed by atoms with Gasteiger partial charge in [-0.25, -0.2) is 8.78 Å². The second-order valence-corrected chi connectivity index (χ2v) is 4.16. The zero-order valence-electron chi connectivity index (χ0n) is 9.61. The topological polar surface area (TPSA) is 46.2 Å². The maximum absolute atomic E-state index is 13.0. The van der Waals surface area contributed by atoms with Gasteiger partial charge in [0.25, 0.3) is 0 Å². The second kappa shape index (κ2) is 5.14. The monoisotopic (exact) mass is 249 g/mol. The number of nitrogens with two attached hydrogens (primary N) is 1. The van der Waals surface area contributed by atoms with E-state index in [1.807, 2.05) is 0 Å². The molecule has 0 amide bonds. The van der Waals surface area contributed by atoms with Gasteiger partial charge >= 0.3 is 0 Å². The first kappa shape index (κ1) is 12.5. The van der Waals surface area contributed by atoms with Gasteiger partial charge in [-0.05, 0) is 35.4 Å². The van der Waals surface area contributed by atoms with Crippen LogP contribution in [-0.4, -0.2) is 5.11 Å². The first-order valence-corrected chi connectivity index (χ1v) is 5.53. The molecule has 0 spiro atoms. The maximum Gasteiger partial charge on any atom is 0.126 e. The zero-order valence-corrected chi connectivity index (χ0v) is 9.61. The molecule has 0 aromatic heterocycles. The largest absolute Gasteiger partial charge is 0.399 e. The van der Waals surface area contributed by atoms with Gasteiger partial charge in [-0.2, -0.15) is 0 Å². The Balaban J connectivity index is 2.15. The minimum absolute atomic E-state index is 0.151. The predicted molar refractivity (Wildman–Crippen MR) is 65.9 cm³/mol. The van der Waals surface area contributed by atoms with E-state index in [1.165, 1.54) is 12.1 Å². The molecule has 2 aromatic carbocycles. The lowest BCUT2D eigenvalue weighted by molar-refractivity contribution is 0.178. The van der Waals surface area contributed by atoms with Crippen LogP contribution in [0.15, 0.2) is 42.5 Å². The van der Waals surface area contributed by atoms with Crippen LogP contribution in [-0.2, 0) is 6.42 Å². The molecule has 0 aliphatic rings. The summed E-state index contributed by atoms with van der Waals surface area (Å²) in [6.07, 6.45) is -0.662. The summed E-state index contributed by atoms with van der Waals surface area (Å²) in [6, 6.07) is 9.95. The van der Waals surface area contributed by atoms with Crippen LogP contribution in [0.1, 0.15) is 17.2 Å². The van der Waals surface area contributed by atoms with Crippen LogP contribution in [0.5, 0.6) is 0 Å². The molecule has 0 bridgehead atoms. The second-order valence-electron chi connectivity index (χ2n) is 4.16. The van der Waals surface area contributed by atoms with E-state index in [2.05, 4.69) is 0 Å². The van der Waals surface area contributed by atoms with E-state index in [9.17, 15) is 13.9 Å². The maximum atomic E-state index is 13.0. The molecule has 18 heavy (non-hydrogen) atoms. The van der Waals surface area contributed by atoms with Gasteiger partial charge in [0.05, 0.1) is 6.10 Å². The van der Waals surface area contributed by atoms with Crippen LogP contribution in [0.25, 0.3) is 0 Å². The van der Waals surface area contributed by atoms with Crippen LogP contribution in [0.2, 0.25) is 0 Å². The van der Waals surface area contributed by atoms with E-state index in [4.69, 9.17) is 5.73 Å². The van der Waals surface area contributed by atoms with Crippen molar-refractivity contribution in [3.63, 3.8) is 0 Å². The molecule has 0 fully saturated rings. The predicted octanol–water partition coefficient (Wildman–Crippen LogP) is 2.82. The average molecular weight is 249 g/mol. The fraction of sp³-hybridized carbons (Fsp3) is 0.143. The standard InChI is InChI=1S/C14H13F2NO/c15-11-5-9(6-12(16)8-11)7-14(18)10-1-3-13(17)4-2-10/h1-6,8,14,18H,7,17H2. The fourth-order valence-corrected chi connectivity index (χ4v) is 1.79. The Morgan fingerprint density at radius 1 is 1.00 bits per heavy atom. The number of hydrogen-bond donors (Lipinski definition) is 2. The van der Waals surface area contributed by atoms with Gasteiger partial charge in [0.1, 0.15) is 11.6 Å². The Morgan fingerprint density at radius 2 is 1.56 bits per heavy atom. The van der Waals surface area contributed by atoms with Crippen molar-refractivity contribution in [3.8, 4) is 0 Å². The third kappa shape index (κ3) is 3.05. The van der Waals surface area contributed by atoms with Crippen LogP contribution >= 0.6 is 0 Å². The number of anilines is 1. The Labute approximate surface area is 104 Å². The number of rotatable bonds is 3. The minimum atomic E-state index is -0.813. The van der Waals surface area contributed by atoms with Crippen LogP contribution in [0.4, 0.5) is 14.5 Å². The molecule has 0 saturated carbocycles. The number of nitrogen functional groups attached to an aromatic ring is 1. The Bertz CT molecular complexity index is 520. The summed E-state index contributed by atoms with van der Waals surface area (Å²) in [6.45, 7) is 0. The molecular formula is C14H13F2NO. The van der Waals surface area contributed by atoms with Crippen molar-refractivity contribution in [2.24, 2.45) is 0 Å². The third-order valence-corrected chi connectivity index (χ3v) is 2.67. The molecule has 1 atom stereocenters. The van der Waals surface area contributed by atoms with Gasteiger partial charge in [0.15, 0.2) is 0 Å². The molecule has 94 valence electrons. The molecule has 1 unspecified atom stereocenters. The molecule has 2 rings (SSSR count). The molecule has 0 radical (unpaired) electrons. The van der Waals surface area contributed by atoms with Gasteiger partial charge in [-0.15, -0.1) is 0 Å². The Morgan fingerprint density at radius 3 is 2.11 bits per heavy atom. The SMILES string of the molecule is Nc1ccc(C(O)Cc2cc(F)cc(F)c2)cc1. The summed E-state index contributed by atoms with van der Waals surface area (Å²) in [5.41, 5.74) is 7.21. The normalized spacial score (nSPS) is 12.4. The van der Waals surface area contributed by atoms with Crippen LogP contribution in [0.3, 0.4) is 0 Å². The van der Waals surface area contributed by atoms with E-state index >= 15 is 0 Å². The van der Waals surface area contributed by atoms with Crippen LogP contribution < -0.4 is 5.73 Å². The van der Waals surface area contributed by atoms with Gasteiger partial charge in [-0.1, -0.05) is 12.1 Å². The van der Waals surface area contributed by atoms with Crippen molar-refractivity contribution >= 4 is 5.69 Å². The van der Waals surface area contributed by atoms with Crippen molar-refractivity contribution in [1.29, 1.82) is 0 Å². The summed E-state index contributed by atoms with van der Waals surface area (Å²) in [7, 11) is 0. The highest BCUT2D eigenvalue weighted by Crippen LogP contribution is 2.20. The average Bonchev–Trinajstić information content (AvgIpc) is 2.28. The first-order valence-electron chi connectivity index (χ1n) is 5.53. The van der Waals surface area contributed by atoms with Crippen molar-refractivity contribution in [1.82, 2.24) is 0 Å². The molecule has 2 nitrogen and oxygen atoms in total. The van der Waals surface area contributed by atoms with E-state index in [0.29, 0.717) is 16.8 Å². The lowest BCUT2D eigenvalue weighted by Crippen LogP contribution is -2.02. The number of aliphatic hydroxyl groups is 1. The Kier molecular flexibility index (Phi) is 3.58. The summed E-state index contributed by atoms with van der Waals surface area (Å²) >= 11 is 0. The molecular weight excluding hydrogens is 236 g/mol. The first-order chi connectivity index (χ1) is 8.54. The van der Waals surface area contributed by atoms with E-state index in [-0.39, 0.29) is 6.42 Å². The van der Waals surface area contributed by atoms with Crippen molar-refractivity contribution in [3.05, 3.63) is 65.2 Å². The Hall–Kier alpha value is -1.94. The molecule has 2 aromatic rings. The minimum Gasteiger partial charge on any atom is -0.399 e. The summed E-state index contributed by atoms with van der Waals surface area (Å²) in [5, 5.41) is 9.96. The zero-order chi connectivity index (χ0) is 13.1. The van der Waals surface area contributed by atoms with E-state index in [0.717, 1.165) is 6.07 Å². The van der Waals surface area contributed by atoms with Gasteiger partial charge in [0, 0.05) is 18.2 Å². The summed E-state index contributed by atoms with van der Waals surface area (Å²) in [5.74, 6) is -1.29. The highest BCUT2D eigenvalue weighted by molar-refractivity contribution is 5.40. The summed E-state index contributed by atoms with van der Waals surface area (Å²) < 4.78 is 26.0. The number of aliphatic hydroxyl groups excluding tert-OH is 1.